The van der Waals surface area contributed by atoms with Crippen LogP contribution < -0.4 is 29.6 Å². The molecule has 0 unspecified atom stereocenters. The number of ether oxygens (including phenoxy) is 4. The number of benzene rings is 4. The van der Waals surface area contributed by atoms with Gasteiger partial charge in [-0.25, -0.2) is 0 Å². The van der Waals surface area contributed by atoms with Crippen LogP contribution in [0.2, 0.25) is 0 Å². The lowest BCUT2D eigenvalue weighted by atomic mass is 10.3. The molecule has 7 nitrogen and oxygen atoms in total. The van der Waals surface area contributed by atoms with E-state index in [2.05, 4.69) is 10.6 Å². The molecular formula is C30H30N2O5. The summed E-state index contributed by atoms with van der Waals surface area (Å²) in [5.41, 5.74) is 1.42. The van der Waals surface area contributed by atoms with Gasteiger partial charge in [-0.15, -0.1) is 0 Å². The molecule has 190 valence electrons. The summed E-state index contributed by atoms with van der Waals surface area (Å²) >= 11 is 0. The molecule has 0 spiro atoms. The first kappa shape index (κ1) is 25.4. The third kappa shape index (κ3) is 8.81. The molecule has 0 fully saturated rings. The quantitative estimate of drug-likeness (QED) is 0.219. The van der Waals surface area contributed by atoms with Crippen LogP contribution in [0, 0.1) is 0 Å². The number of hydrogen-bond donors (Lipinski definition) is 2. The third-order valence-electron chi connectivity index (χ3n) is 5.18. The van der Waals surface area contributed by atoms with Crippen LogP contribution in [0.3, 0.4) is 0 Å². The monoisotopic (exact) mass is 498 g/mol. The van der Waals surface area contributed by atoms with Gasteiger partial charge in [-0.2, -0.15) is 0 Å². The predicted molar refractivity (Wildman–Crippen MR) is 145 cm³/mol. The molecule has 37 heavy (non-hydrogen) atoms. The van der Waals surface area contributed by atoms with Crippen molar-refractivity contribution in [1.82, 2.24) is 0 Å². The Hall–Kier alpha value is -4.65. The maximum atomic E-state index is 12.5. The highest BCUT2D eigenvalue weighted by Gasteiger charge is 2.07. The molecular weight excluding hydrogens is 468 g/mol. The minimum absolute atomic E-state index is 0.0932. The predicted octanol–water partition coefficient (Wildman–Crippen LogP) is 5.65. The first-order valence-electron chi connectivity index (χ1n) is 12.1. The molecule has 1 amide bonds. The van der Waals surface area contributed by atoms with E-state index < -0.39 is 0 Å². The van der Waals surface area contributed by atoms with Gasteiger partial charge in [0.2, 0.25) is 5.91 Å². The van der Waals surface area contributed by atoms with Gasteiger partial charge in [0.25, 0.3) is 0 Å². The number of carbonyl (C=O) groups is 1. The number of rotatable bonds is 14. The minimum Gasteiger partial charge on any atom is -0.490 e. The summed E-state index contributed by atoms with van der Waals surface area (Å²) in [5, 5.41) is 6.01. The zero-order valence-electron chi connectivity index (χ0n) is 20.5. The van der Waals surface area contributed by atoms with Crippen LogP contribution in [0.5, 0.6) is 23.0 Å². The van der Waals surface area contributed by atoms with Crippen LogP contribution in [0.15, 0.2) is 109 Å². The fourth-order valence-corrected chi connectivity index (χ4v) is 3.42. The molecule has 0 aromatic heterocycles. The largest absolute Gasteiger partial charge is 0.490 e. The summed E-state index contributed by atoms with van der Waals surface area (Å²) in [5.74, 6) is 2.79. The fourth-order valence-electron chi connectivity index (χ4n) is 3.42. The van der Waals surface area contributed by atoms with Crippen molar-refractivity contribution in [3.8, 4) is 23.0 Å². The van der Waals surface area contributed by atoms with Crippen molar-refractivity contribution in [2.45, 2.75) is 0 Å². The van der Waals surface area contributed by atoms with Crippen LogP contribution in [-0.4, -0.2) is 38.9 Å². The average Bonchev–Trinajstić information content (AvgIpc) is 2.95. The normalized spacial score (nSPS) is 10.3. The van der Waals surface area contributed by atoms with Gasteiger partial charge in [0, 0.05) is 5.69 Å². The molecule has 0 bridgehead atoms. The van der Waals surface area contributed by atoms with E-state index in [0.29, 0.717) is 43.6 Å². The van der Waals surface area contributed by atoms with Gasteiger partial charge in [-0.1, -0.05) is 48.5 Å². The van der Waals surface area contributed by atoms with Gasteiger partial charge in [0.15, 0.2) is 0 Å². The molecule has 4 aromatic carbocycles. The van der Waals surface area contributed by atoms with E-state index in [9.17, 15) is 4.79 Å². The fraction of sp³-hybridized carbons (Fsp3) is 0.167. The Balaban J connectivity index is 1.16. The topological polar surface area (TPSA) is 78.1 Å². The van der Waals surface area contributed by atoms with Gasteiger partial charge < -0.3 is 29.6 Å². The van der Waals surface area contributed by atoms with E-state index in [1.807, 2.05) is 97.1 Å². The Kier molecular flexibility index (Phi) is 9.66. The SMILES string of the molecule is O=C(CNc1ccccc1OCCOc1ccccc1)Nc1ccc(OCCOc2ccccc2)cc1. The van der Waals surface area contributed by atoms with E-state index in [0.717, 1.165) is 17.2 Å². The molecule has 4 rings (SSSR count). The van der Waals surface area contributed by atoms with Crippen molar-refractivity contribution in [1.29, 1.82) is 0 Å². The summed E-state index contributed by atoms with van der Waals surface area (Å²) in [4.78, 5) is 12.5. The van der Waals surface area contributed by atoms with Gasteiger partial charge in [-0.3, -0.25) is 4.79 Å². The number of carbonyl (C=O) groups excluding carboxylic acids is 1. The minimum atomic E-state index is -0.174. The van der Waals surface area contributed by atoms with Crippen molar-refractivity contribution >= 4 is 17.3 Å². The van der Waals surface area contributed by atoms with Crippen molar-refractivity contribution in [2.75, 3.05) is 43.6 Å². The second-order valence-electron chi connectivity index (χ2n) is 7.94. The molecule has 0 radical (unpaired) electrons. The maximum Gasteiger partial charge on any atom is 0.243 e. The lowest BCUT2D eigenvalue weighted by Gasteiger charge is -2.14. The molecule has 4 aromatic rings. The smallest absolute Gasteiger partial charge is 0.243 e. The van der Waals surface area contributed by atoms with Gasteiger partial charge in [-0.05, 0) is 60.7 Å². The average molecular weight is 499 g/mol. The van der Waals surface area contributed by atoms with Crippen molar-refractivity contribution < 1.29 is 23.7 Å². The highest BCUT2D eigenvalue weighted by molar-refractivity contribution is 5.94. The van der Waals surface area contributed by atoms with E-state index >= 15 is 0 Å². The Morgan fingerprint density at radius 1 is 0.541 bits per heavy atom. The van der Waals surface area contributed by atoms with Crippen LogP contribution in [0.25, 0.3) is 0 Å². The Morgan fingerprint density at radius 3 is 1.62 bits per heavy atom. The number of anilines is 2. The second-order valence-corrected chi connectivity index (χ2v) is 7.94. The molecule has 0 atom stereocenters. The molecule has 0 heterocycles. The van der Waals surface area contributed by atoms with Crippen LogP contribution in [0.4, 0.5) is 11.4 Å². The van der Waals surface area contributed by atoms with Crippen molar-refractivity contribution in [2.24, 2.45) is 0 Å². The molecule has 7 heteroatoms. The maximum absolute atomic E-state index is 12.5. The van der Waals surface area contributed by atoms with Crippen molar-refractivity contribution in [3.63, 3.8) is 0 Å². The second kappa shape index (κ2) is 14.0. The zero-order valence-corrected chi connectivity index (χ0v) is 20.5. The highest BCUT2D eigenvalue weighted by atomic mass is 16.5. The number of hydrogen-bond acceptors (Lipinski definition) is 6. The Labute approximate surface area is 217 Å². The Morgan fingerprint density at radius 2 is 1.03 bits per heavy atom. The lowest BCUT2D eigenvalue weighted by Crippen LogP contribution is -2.22. The summed E-state index contributed by atoms with van der Waals surface area (Å²) in [6, 6.07) is 33.9. The first-order valence-corrected chi connectivity index (χ1v) is 12.1. The molecule has 2 N–H and O–H groups in total. The first-order chi connectivity index (χ1) is 18.3. The zero-order chi connectivity index (χ0) is 25.5. The molecule has 0 aliphatic rings. The third-order valence-corrected chi connectivity index (χ3v) is 5.18. The van der Waals surface area contributed by atoms with Crippen molar-refractivity contribution in [3.05, 3.63) is 109 Å². The summed E-state index contributed by atoms with van der Waals surface area (Å²) < 4.78 is 22.8. The van der Waals surface area contributed by atoms with E-state index in [1.54, 1.807) is 12.1 Å². The molecule has 0 aliphatic carbocycles. The number of amides is 1. The summed E-state index contributed by atoms with van der Waals surface area (Å²) in [6.07, 6.45) is 0. The highest BCUT2D eigenvalue weighted by Crippen LogP contribution is 2.23. The van der Waals surface area contributed by atoms with Gasteiger partial charge in [0.1, 0.15) is 49.4 Å². The van der Waals surface area contributed by atoms with Gasteiger partial charge >= 0.3 is 0 Å². The van der Waals surface area contributed by atoms with Gasteiger partial charge in [0.05, 0.1) is 12.2 Å². The number of para-hydroxylation sites is 4. The Bertz CT molecular complexity index is 1220. The van der Waals surface area contributed by atoms with Crippen LogP contribution >= 0.6 is 0 Å². The molecule has 0 saturated carbocycles. The molecule has 0 aliphatic heterocycles. The summed E-state index contributed by atoms with van der Waals surface area (Å²) in [7, 11) is 0. The lowest BCUT2D eigenvalue weighted by molar-refractivity contribution is -0.114. The molecule has 0 saturated heterocycles. The van der Waals surface area contributed by atoms with Crippen LogP contribution in [-0.2, 0) is 4.79 Å². The van der Waals surface area contributed by atoms with E-state index in [4.69, 9.17) is 18.9 Å². The van der Waals surface area contributed by atoms with Crippen LogP contribution in [0.1, 0.15) is 0 Å². The number of nitrogens with one attached hydrogen (secondary N) is 2. The standard InChI is InChI=1S/C30H30N2O5/c33-30(32-24-15-17-27(18-16-24)36-20-19-34-25-9-3-1-4-10-25)23-31-28-13-7-8-14-29(28)37-22-21-35-26-11-5-2-6-12-26/h1-18,31H,19-23H2,(H,32,33). The van der Waals surface area contributed by atoms with E-state index in [1.165, 1.54) is 0 Å². The van der Waals surface area contributed by atoms with E-state index in [-0.39, 0.29) is 12.5 Å². The summed E-state index contributed by atoms with van der Waals surface area (Å²) in [6.45, 7) is 1.75.